The minimum Gasteiger partial charge on any atom is -0.379 e. The Kier molecular flexibility index (Phi) is 4.51. The molecule has 1 amide bonds. The topological polar surface area (TPSA) is 38.3 Å². The Morgan fingerprint density at radius 2 is 1.90 bits per heavy atom. The molecule has 21 heavy (non-hydrogen) atoms. The van der Waals surface area contributed by atoms with Crippen LogP contribution in [0.2, 0.25) is 5.02 Å². The Hall–Kier alpha value is -1.06. The molecule has 1 aliphatic carbocycles. The molecule has 1 heterocycles. The van der Waals surface area contributed by atoms with Crippen LogP contribution in [0.1, 0.15) is 44.1 Å². The Morgan fingerprint density at radius 3 is 2.52 bits per heavy atom. The van der Waals surface area contributed by atoms with E-state index in [1.807, 2.05) is 24.3 Å². The molecule has 2 fully saturated rings. The lowest BCUT2D eigenvalue weighted by molar-refractivity contribution is -0.128. The van der Waals surface area contributed by atoms with E-state index in [9.17, 15) is 4.79 Å². The highest BCUT2D eigenvalue weighted by molar-refractivity contribution is 6.30. The van der Waals surface area contributed by atoms with Crippen LogP contribution >= 0.6 is 11.6 Å². The van der Waals surface area contributed by atoms with Gasteiger partial charge in [-0.25, -0.2) is 0 Å². The molecule has 4 heteroatoms. The van der Waals surface area contributed by atoms with Gasteiger partial charge < -0.3 is 10.1 Å². The van der Waals surface area contributed by atoms with Crippen LogP contribution in [0.15, 0.2) is 24.3 Å². The molecule has 0 radical (unpaired) electrons. The number of hydrogen-bond acceptors (Lipinski definition) is 2. The molecular weight excluding hydrogens is 286 g/mol. The molecule has 1 saturated carbocycles. The highest BCUT2D eigenvalue weighted by Gasteiger charge is 2.41. The molecule has 0 aromatic heterocycles. The van der Waals surface area contributed by atoms with Crippen molar-refractivity contribution in [2.45, 2.75) is 50.0 Å². The molecule has 0 unspecified atom stereocenters. The molecule has 0 spiro atoms. The van der Waals surface area contributed by atoms with E-state index in [1.54, 1.807) is 0 Å². The summed E-state index contributed by atoms with van der Waals surface area (Å²) in [4.78, 5) is 13.0. The maximum atomic E-state index is 13.0. The van der Waals surface area contributed by atoms with Gasteiger partial charge in [0.1, 0.15) is 0 Å². The van der Waals surface area contributed by atoms with Crippen LogP contribution in [0.3, 0.4) is 0 Å². The van der Waals surface area contributed by atoms with Crippen LogP contribution in [-0.4, -0.2) is 25.2 Å². The molecule has 114 valence electrons. The van der Waals surface area contributed by atoms with Gasteiger partial charge in [-0.15, -0.1) is 0 Å². The highest BCUT2D eigenvalue weighted by Crippen LogP contribution is 2.40. The van der Waals surface area contributed by atoms with Crippen molar-refractivity contribution in [2.75, 3.05) is 13.2 Å². The monoisotopic (exact) mass is 307 g/mol. The number of ether oxygens (including phenoxy) is 1. The van der Waals surface area contributed by atoms with Gasteiger partial charge >= 0.3 is 0 Å². The summed E-state index contributed by atoms with van der Waals surface area (Å²) in [5.74, 6) is 0.167. The Bertz CT molecular complexity index is 488. The molecule has 3 nitrogen and oxygen atoms in total. The van der Waals surface area contributed by atoms with Crippen molar-refractivity contribution in [1.82, 2.24) is 5.32 Å². The smallest absolute Gasteiger partial charge is 0.230 e. The average molecular weight is 308 g/mol. The van der Waals surface area contributed by atoms with Crippen LogP contribution in [0.5, 0.6) is 0 Å². The number of carbonyl (C=O) groups is 1. The van der Waals surface area contributed by atoms with Gasteiger partial charge in [-0.1, -0.05) is 43.0 Å². The number of rotatable bonds is 3. The van der Waals surface area contributed by atoms with Crippen LogP contribution in [-0.2, 0) is 14.9 Å². The van der Waals surface area contributed by atoms with E-state index >= 15 is 0 Å². The van der Waals surface area contributed by atoms with E-state index < -0.39 is 0 Å². The second-order valence-electron chi connectivity index (χ2n) is 6.18. The summed E-state index contributed by atoms with van der Waals surface area (Å²) in [7, 11) is 0. The van der Waals surface area contributed by atoms with Gasteiger partial charge in [-0.2, -0.15) is 0 Å². The van der Waals surface area contributed by atoms with E-state index in [0.717, 1.165) is 44.3 Å². The first kappa shape index (κ1) is 14.9. The molecular formula is C17H22ClNO2. The van der Waals surface area contributed by atoms with E-state index in [0.29, 0.717) is 11.6 Å². The third-order valence-electron chi connectivity index (χ3n) is 4.80. The molecule has 1 saturated heterocycles. The molecule has 1 aromatic rings. The van der Waals surface area contributed by atoms with Crippen LogP contribution in [0.25, 0.3) is 0 Å². The Balaban J connectivity index is 1.84. The van der Waals surface area contributed by atoms with Crippen LogP contribution in [0, 0.1) is 0 Å². The fourth-order valence-electron chi connectivity index (χ4n) is 3.54. The molecule has 2 aliphatic rings. The fraction of sp³-hybridized carbons (Fsp3) is 0.588. The summed E-state index contributed by atoms with van der Waals surface area (Å²) in [6, 6.07) is 7.97. The standard InChI is InChI=1S/C17H22ClNO2/c18-14-6-4-13(5-7-14)17(9-2-1-3-10-17)16(20)19-15-8-11-21-12-15/h4-7,15H,1-3,8-12H2,(H,19,20)/t15-/m1/s1. The van der Waals surface area contributed by atoms with E-state index in [4.69, 9.17) is 16.3 Å². The Morgan fingerprint density at radius 1 is 1.19 bits per heavy atom. The van der Waals surface area contributed by atoms with Crippen molar-refractivity contribution in [3.8, 4) is 0 Å². The zero-order chi connectivity index (χ0) is 14.7. The van der Waals surface area contributed by atoms with Crippen LogP contribution in [0.4, 0.5) is 0 Å². The zero-order valence-electron chi connectivity index (χ0n) is 12.2. The van der Waals surface area contributed by atoms with Gasteiger partial charge in [-0.3, -0.25) is 4.79 Å². The lowest BCUT2D eigenvalue weighted by Gasteiger charge is -2.37. The van der Waals surface area contributed by atoms with E-state index in [2.05, 4.69) is 5.32 Å². The summed E-state index contributed by atoms with van der Waals surface area (Å²) in [5, 5.41) is 3.92. The highest BCUT2D eigenvalue weighted by atomic mass is 35.5. The third-order valence-corrected chi connectivity index (χ3v) is 5.06. The number of hydrogen-bond donors (Lipinski definition) is 1. The minimum atomic E-state index is -0.384. The van der Waals surface area contributed by atoms with E-state index in [1.165, 1.54) is 6.42 Å². The number of halogens is 1. The lowest BCUT2D eigenvalue weighted by atomic mass is 9.68. The summed E-state index contributed by atoms with van der Waals surface area (Å²) < 4.78 is 5.37. The maximum absolute atomic E-state index is 13.0. The predicted molar refractivity (Wildman–Crippen MR) is 83.6 cm³/mol. The predicted octanol–water partition coefficient (Wildman–Crippen LogP) is 3.45. The van der Waals surface area contributed by atoms with Gasteiger partial charge in [0.05, 0.1) is 18.1 Å². The first-order valence-electron chi connectivity index (χ1n) is 7.85. The largest absolute Gasteiger partial charge is 0.379 e. The number of benzene rings is 1. The number of nitrogens with one attached hydrogen (secondary N) is 1. The van der Waals surface area contributed by atoms with Crippen molar-refractivity contribution < 1.29 is 9.53 Å². The second kappa shape index (κ2) is 6.37. The van der Waals surface area contributed by atoms with Gasteiger partial charge in [0.25, 0.3) is 0 Å². The molecule has 1 aromatic carbocycles. The van der Waals surface area contributed by atoms with Gasteiger partial charge in [0.2, 0.25) is 5.91 Å². The van der Waals surface area contributed by atoms with Crippen molar-refractivity contribution >= 4 is 17.5 Å². The van der Waals surface area contributed by atoms with Gasteiger partial charge in [0.15, 0.2) is 0 Å². The number of carbonyl (C=O) groups excluding carboxylic acids is 1. The van der Waals surface area contributed by atoms with Crippen molar-refractivity contribution in [2.24, 2.45) is 0 Å². The maximum Gasteiger partial charge on any atom is 0.230 e. The summed E-state index contributed by atoms with van der Waals surface area (Å²) >= 11 is 6.00. The fourth-order valence-corrected chi connectivity index (χ4v) is 3.67. The minimum absolute atomic E-state index is 0.167. The SMILES string of the molecule is O=C(N[C@@H]1CCOC1)C1(c2ccc(Cl)cc2)CCCCC1. The van der Waals surface area contributed by atoms with Crippen molar-refractivity contribution in [3.63, 3.8) is 0 Å². The van der Waals surface area contributed by atoms with Crippen molar-refractivity contribution in [1.29, 1.82) is 0 Å². The number of amides is 1. The van der Waals surface area contributed by atoms with Gasteiger partial charge in [-0.05, 0) is 37.0 Å². The quantitative estimate of drug-likeness (QED) is 0.929. The van der Waals surface area contributed by atoms with Crippen LogP contribution < -0.4 is 5.32 Å². The normalized spacial score (nSPS) is 24.7. The molecule has 1 atom stereocenters. The first-order valence-corrected chi connectivity index (χ1v) is 8.23. The molecule has 3 rings (SSSR count). The average Bonchev–Trinajstić information content (AvgIpc) is 3.01. The summed E-state index contributed by atoms with van der Waals surface area (Å²) in [6.07, 6.45) is 6.20. The first-order chi connectivity index (χ1) is 10.2. The molecule has 1 N–H and O–H groups in total. The molecule has 0 bridgehead atoms. The third kappa shape index (κ3) is 3.09. The summed E-state index contributed by atoms with van der Waals surface area (Å²) in [5.41, 5.74) is 0.717. The Labute approximate surface area is 131 Å². The second-order valence-corrected chi connectivity index (χ2v) is 6.62. The lowest BCUT2D eigenvalue weighted by Crippen LogP contribution is -2.49. The summed E-state index contributed by atoms with van der Waals surface area (Å²) in [6.45, 7) is 1.39. The zero-order valence-corrected chi connectivity index (χ0v) is 13.0. The van der Waals surface area contributed by atoms with E-state index in [-0.39, 0.29) is 17.4 Å². The van der Waals surface area contributed by atoms with Crippen molar-refractivity contribution in [3.05, 3.63) is 34.9 Å². The van der Waals surface area contributed by atoms with Gasteiger partial charge in [0, 0.05) is 11.6 Å². The molecule has 1 aliphatic heterocycles.